The summed E-state index contributed by atoms with van der Waals surface area (Å²) in [5.41, 5.74) is -0.203. The zero-order valence-corrected chi connectivity index (χ0v) is 21.4. The summed E-state index contributed by atoms with van der Waals surface area (Å²) in [6.45, 7) is 16.7. The summed E-state index contributed by atoms with van der Waals surface area (Å²) in [6, 6.07) is 5.25. The zero-order valence-electron chi connectivity index (χ0n) is 21.4. The van der Waals surface area contributed by atoms with Crippen LogP contribution in [-0.4, -0.2) is 78.5 Å². The molecule has 1 aromatic rings. The van der Waals surface area contributed by atoms with Gasteiger partial charge in [0.2, 0.25) is 0 Å². The molecule has 2 fully saturated rings. The lowest BCUT2D eigenvalue weighted by Gasteiger charge is -2.40. The Balaban J connectivity index is 1.74. The fourth-order valence-electron chi connectivity index (χ4n) is 3.92. The number of hydrogen-bond donors (Lipinski definition) is 0. The highest BCUT2D eigenvalue weighted by Crippen LogP contribution is 2.37. The number of nitrogens with zero attached hydrogens (tertiary/aromatic N) is 2. The van der Waals surface area contributed by atoms with Crippen molar-refractivity contribution in [2.24, 2.45) is 0 Å². The normalized spacial score (nSPS) is 22.3. The summed E-state index contributed by atoms with van der Waals surface area (Å²) in [5.74, 6) is 0.331. The average Bonchev–Trinajstić information content (AvgIpc) is 2.92. The van der Waals surface area contributed by atoms with Crippen LogP contribution in [0.5, 0.6) is 5.75 Å². The first-order valence-electron chi connectivity index (χ1n) is 11.5. The number of hydrogen-bond acceptors (Lipinski definition) is 6. The van der Waals surface area contributed by atoms with Crippen molar-refractivity contribution in [1.82, 2.24) is 9.80 Å². The number of rotatable bonds is 3. The molecular weight excluding hydrogens is 423 g/mol. The van der Waals surface area contributed by atoms with Gasteiger partial charge in [-0.25, -0.2) is 4.79 Å². The Kier molecular flexibility index (Phi) is 6.79. The number of carbonyl (C=O) groups excluding carboxylic acids is 2. The summed E-state index contributed by atoms with van der Waals surface area (Å²) in [6.07, 6.45) is -0.356. The molecule has 2 saturated heterocycles. The molecule has 9 heteroatoms. The van der Waals surface area contributed by atoms with E-state index in [0.29, 0.717) is 30.9 Å². The highest BCUT2D eigenvalue weighted by Gasteiger charge is 2.51. The van der Waals surface area contributed by atoms with E-state index in [-0.39, 0.29) is 18.0 Å². The molecule has 2 amide bonds. The van der Waals surface area contributed by atoms with E-state index in [4.69, 9.17) is 18.8 Å². The maximum Gasteiger partial charge on any atom is 0.494 e. The highest BCUT2D eigenvalue weighted by atomic mass is 16.7. The minimum absolute atomic E-state index is 0.136. The van der Waals surface area contributed by atoms with Crippen LogP contribution < -0.4 is 10.2 Å². The third-order valence-electron chi connectivity index (χ3n) is 6.52. The van der Waals surface area contributed by atoms with Crippen LogP contribution in [0.1, 0.15) is 65.7 Å². The zero-order chi connectivity index (χ0) is 24.8. The fourth-order valence-corrected chi connectivity index (χ4v) is 3.92. The second-order valence-electron chi connectivity index (χ2n) is 10.8. The van der Waals surface area contributed by atoms with Crippen molar-refractivity contribution in [2.45, 2.75) is 78.2 Å². The van der Waals surface area contributed by atoms with E-state index >= 15 is 0 Å². The molecule has 0 bridgehead atoms. The lowest BCUT2D eigenvalue weighted by molar-refractivity contribution is 0.00578. The van der Waals surface area contributed by atoms with Gasteiger partial charge >= 0.3 is 13.2 Å². The molecule has 3 rings (SSSR count). The van der Waals surface area contributed by atoms with E-state index in [2.05, 4.69) is 0 Å². The molecule has 2 aliphatic heterocycles. The van der Waals surface area contributed by atoms with Gasteiger partial charge in [0.15, 0.2) is 0 Å². The molecule has 2 heterocycles. The minimum Gasteiger partial charge on any atom is -0.496 e. The molecule has 0 unspecified atom stereocenters. The van der Waals surface area contributed by atoms with Crippen molar-refractivity contribution in [3.63, 3.8) is 0 Å². The van der Waals surface area contributed by atoms with Crippen LogP contribution >= 0.6 is 0 Å². The van der Waals surface area contributed by atoms with Gasteiger partial charge in [-0.1, -0.05) is 6.07 Å². The van der Waals surface area contributed by atoms with Crippen LogP contribution in [0.2, 0.25) is 0 Å². The molecule has 1 aromatic carbocycles. The third kappa shape index (κ3) is 5.30. The van der Waals surface area contributed by atoms with E-state index < -0.39 is 23.9 Å². The standard InChI is InChI=1S/C24H37BN2O6/c1-16-15-26(21(29)31-22(2,3)4)12-13-27(16)20(28)18-11-10-17(14-19(18)30-9)25-32-23(5,6)24(7,8)33-25/h10-11,14,16H,12-13,15H2,1-9H3/t16-/m1/s1. The molecule has 182 valence electrons. The fraction of sp³-hybridized carbons (Fsp3) is 0.667. The molecule has 0 N–H and O–H groups in total. The van der Waals surface area contributed by atoms with E-state index in [1.54, 1.807) is 29.0 Å². The second kappa shape index (κ2) is 8.83. The van der Waals surface area contributed by atoms with Crippen LogP contribution in [0.15, 0.2) is 18.2 Å². The first-order chi connectivity index (χ1) is 15.1. The summed E-state index contributed by atoms with van der Waals surface area (Å²) in [4.78, 5) is 29.2. The minimum atomic E-state index is -0.556. The van der Waals surface area contributed by atoms with E-state index in [0.717, 1.165) is 5.46 Å². The molecule has 0 spiro atoms. The largest absolute Gasteiger partial charge is 0.496 e. The van der Waals surface area contributed by atoms with Gasteiger partial charge in [-0.15, -0.1) is 0 Å². The Morgan fingerprint density at radius 2 is 1.70 bits per heavy atom. The molecule has 0 aliphatic carbocycles. The number of piperazine rings is 1. The number of amides is 2. The summed E-state index contributed by atoms with van der Waals surface area (Å²) in [7, 11) is 1.01. The summed E-state index contributed by atoms with van der Waals surface area (Å²) < 4.78 is 23.3. The molecule has 8 nitrogen and oxygen atoms in total. The van der Waals surface area contributed by atoms with Crippen molar-refractivity contribution < 1.29 is 28.4 Å². The number of carbonyl (C=O) groups is 2. The van der Waals surface area contributed by atoms with Crippen LogP contribution in [0, 0.1) is 0 Å². The lowest BCUT2D eigenvalue weighted by atomic mass is 9.78. The van der Waals surface area contributed by atoms with Gasteiger partial charge in [-0.2, -0.15) is 0 Å². The van der Waals surface area contributed by atoms with Gasteiger partial charge in [-0.05, 0) is 73.0 Å². The van der Waals surface area contributed by atoms with Gasteiger partial charge < -0.3 is 28.6 Å². The Morgan fingerprint density at radius 3 is 2.21 bits per heavy atom. The SMILES string of the molecule is COc1cc(B2OC(C)(C)C(C)(C)O2)ccc1C(=O)N1CCN(C(=O)OC(C)(C)C)C[C@H]1C. The van der Waals surface area contributed by atoms with Crippen molar-refractivity contribution in [3.05, 3.63) is 23.8 Å². The van der Waals surface area contributed by atoms with Gasteiger partial charge in [0.05, 0.1) is 23.9 Å². The lowest BCUT2D eigenvalue weighted by Crippen LogP contribution is -2.56. The van der Waals surface area contributed by atoms with Gasteiger partial charge in [-0.3, -0.25) is 4.79 Å². The summed E-state index contributed by atoms with van der Waals surface area (Å²) >= 11 is 0. The van der Waals surface area contributed by atoms with Gasteiger partial charge in [0.1, 0.15) is 11.4 Å². The Hall–Kier alpha value is -2.26. The molecule has 33 heavy (non-hydrogen) atoms. The maximum absolute atomic E-state index is 13.4. The first-order valence-corrected chi connectivity index (χ1v) is 11.5. The van der Waals surface area contributed by atoms with Crippen LogP contribution in [0.4, 0.5) is 4.79 Å². The van der Waals surface area contributed by atoms with Crippen LogP contribution in [0.3, 0.4) is 0 Å². The molecule has 0 aromatic heterocycles. The van der Waals surface area contributed by atoms with E-state index in [1.807, 2.05) is 61.5 Å². The molecule has 0 radical (unpaired) electrons. The Morgan fingerprint density at radius 1 is 1.09 bits per heavy atom. The predicted octanol–water partition coefficient (Wildman–Crippen LogP) is 3.08. The first kappa shape index (κ1) is 25.4. The smallest absolute Gasteiger partial charge is 0.494 e. The number of ether oxygens (including phenoxy) is 2. The topological polar surface area (TPSA) is 77.5 Å². The van der Waals surface area contributed by atoms with Crippen molar-refractivity contribution in [2.75, 3.05) is 26.7 Å². The number of methoxy groups -OCH3 is 1. The molecule has 0 saturated carbocycles. The van der Waals surface area contributed by atoms with Crippen LogP contribution in [0.25, 0.3) is 0 Å². The molecular formula is C24H37BN2O6. The second-order valence-corrected chi connectivity index (χ2v) is 10.8. The third-order valence-corrected chi connectivity index (χ3v) is 6.52. The van der Waals surface area contributed by atoms with E-state index in [9.17, 15) is 9.59 Å². The van der Waals surface area contributed by atoms with Crippen molar-refractivity contribution >= 4 is 24.6 Å². The monoisotopic (exact) mass is 460 g/mol. The Labute approximate surface area is 197 Å². The molecule has 1 atom stereocenters. The van der Waals surface area contributed by atoms with Gasteiger partial charge in [0, 0.05) is 25.7 Å². The predicted molar refractivity (Wildman–Crippen MR) is 127 cm³/mol. The average molecular weight is 460 g/mol. The van der Waals surface area contributed by atoms with Crippen molar-refractivity contribution in [1.29, 1.82) is 0 Å². The maximum atomic E-state index is 13.4. The quantitative estimate of drug-likeness (QED) is 0.646. The highest BCUT2D eigenvalue weighted by molar-refractivity contribution is 6.62. The Bertz CT molecular complexity index is 895. The summed E-state index contributed by atoms with van der Waals surface area (Å²) in [5, 5.41) is 0. The van der Waals surface area contributed by atoms with E-state index in [1.165, 1.54) is 0 Å². The van der Waals surface area contributed by atoms with Crippen LogP contribution in [-0.2, 0) is 14.0 Å². The van der Waals surface area contributed by atoms with Crippen molar-refractivity contribution in [3.8, 4) is 5.75 Å². The van der Waals surface area contributed by atoms with Gasteiger partial charge in [0.25, 0.3) is 5.91 Å². The molecule has 2 aliphatic rings. The number of benzene rings is 1.